The van der Waals surface area contributed by atoms with Crippen LogP contribution < -0.4 is 11.1 Å². The first-order valence-electron chi connectivity index (χ1n) is 12.5. The fourth-order valence-corrected chi connectivity index (χ4v) is 3.96. The van der Waals surface area contributed by atoms with Crippen molar-refractivity contribution >= 4 is 29.6 Å². The average Bonchev–Trinajstić information content (AvgIpc) is 2.79. The molecule has 1 aliphatic rings. The Bertz CT molecular complexity index is 736. The summed E-state index contributed by atoms with van der Waals surface area (Å²) in [4.78, 5) is 64.6. The molecule has 14 heteroatoms. The summed E-state index contributed by atoms with van der Waals surface area (Å²) in [5.41, 5.74) is 5.71. The number of nitrogens with zero attached hydrogens (tertiary/aromatic N) is 4. The number of aliphatic carboxylic acids is 3. The van der Waals surface area contributed by atoms with E-state index in [-0.39, 0.29) is 37.9 Å². The SMILES string of the molecule is CC(=O)[C@@H](N)CCCCNC(=O)CN1CCN(CC(=O)O)CCN(CC(=O)O)CCN(CC(=O)O)CC1. The summed E-state index contributed by atoms with van der Waals surface area (Å²) in [5, 5.41) is 30.6. The standard InChI is InChI=1S/C23H42N6O8/c1-18(30)19(24)4-2-3-5-25-20(31)14-26-6-8-27(15-21(32)33)10-12-29(17-23(36)37)13-11-28(9-7-26)16-22(34)35/h19H,2-17,24H2,1H3,(H,25,31)(H,32,33)(H,34,35)(H,36,37)/t19-/m0/s1. The first kappa shape index (κ1) is 32.4. The third kappa shape index (κ3) is 15.9. The van der Waals surface area contributed by atoms with Crippen LogP contribution in [-0.2, 0) is 24.0 Å². The first-order chi connectivity index (χ1) is 17.5. The molecule has 0 radical (unpaired) electrons. The van der Waals surface area contributed by atoms with Gasteiger partial charge in [-0.05, 0) is 26.2 Å². The summed E-state index contributed by atoms with van der Waals surface area (Å²) in [6.07, 6.45) is 1.94. The van der Waals surface area contributed by atoms with Crippen molar-refractivity contribution in [3.63, 3.8) is 0 Å². The minimum absolute atomic E-state index is 0.0668. The van der Waals surface area contributed by atoms with E-state index in [4.69, 9.17) is 5.73 Å². The smallest absolute Gasteiger partial charge is 0.317 e. The van der Waals surface area contributed by atoms with E-state index in [1.807, 2.05) is 4.90 Å². The molecule has 1 rings (SSSR count). The summed E-state index contributed by atoms with van der Waals surface area (Å²) in [6.45, 7) is 4.03. The Balaban J connectivity index is 2.77. The van der Waals surface area contributed by atoms with Gasteiger partial charge in [-0.2, -0.15) is 0 Å². The van der Waals surface area contributed by atoms with Gasteiger partial charge in [0.25, 0.3) is 0 Å². The van der Waals surface area contributed by atoms with Crippen molar-refractivity contribution in [1.29, 1.82) is 0 Å². The van der Waals surface area contributed by atoms with Crippen molar-refractivity contribution in [2.75, 3.05) is 85.1 Å². The van der Waals surface area contributed by atoms with Crippen molar-refractivity contribution in [2.24, 2.45) is 5.73 Å². The zero-order valence-electron chi connectivity index (χ0n) is 21.6. The Kier molecular flexibility index (Phi) is 15.5. The lowest BCUT2D eigenvalue weighted by Crippen LogP contribution is -2.49. The minimum atomic E-state index is -1.01. The molecule has 6 N–H and O–H groups in total. The second-order valence-corrected chi connectivity index (χ2v) is 9.35. The number of carbonyl (C=O) groups excluding carboxylic acids is 2. The van der Waals surface area contributed by atoms with Crippen molar-refractivity contribution in [1.82, 2.24) is 24.9 Å². The lowest BCUT2D eigenvalue weighted by molar-refractivity contribution is -0.140. The number of carboxylic acid groups (broad SMARTS) is 3. The van der Waals surface area contributed by atoms with E-state index in [0.29, 0.717) is 78.2 Å². The van der Waals surface area contributed by atoms with Gasteiger partial charge in [-0.15, -0.1) is 0 Å². The second kappa shape index (κ2) is 17.7. The molecule has 0 saturated carbocycles. The van der Waals surface area contributed by atoms with Crippen LogP contribution in [0.2, 0.25) is 0 Å². The van der Waals surface area contributed by atoms with Crippen molar-refractivity contribution in [2.45, 2.75) is 32.2 Å². The molecule has 1 atom stereocenters. The molecule has 1 aliphatic heterocycles. The minimum Gasteiger partial charge on any atom is -0.480 e. The number of Topliss-reactive ketones (excluding diaryl/α,β-unsaturated/α-hetero) is 1. The van der Waals surface area contributed by atoms with Gasteiger partial charge in [0, 0.05) is 58.9 Å². The van der Waals surface area contributed by atoms with Crippen LogP contribution in [0.1, 0.15) is 26.2 Å². The maximum atomic E-state index is 12.5. The number of carbonyl (C=O) groups is 5. The van der Waals surface area contributed by atoms with Gasteiger partial charge in [0.1, 0.15) is 5.78 Å². The van der Waals surface area contributed by atoms with Crippen LogP contribution in [0.5, 0.6) is 0 Å². The quantitative estimate of drug-likeness (QED) is 0.150. The molecule has 0 aliphatic carbocycles. The van der Waals surface area contributed by atoms with Crippen LogP contribution in [0, 0.1) is 0 Å². The van der Waals surface area contributed by atoms with Crippen LogP contribution in [0.4, 0.5) is 0 Å². The van der Waals surface area contributed by atoms with E-state index in [9.17, 15) is 39.3 Å². The first-order valence-corrected chi connectivity index (χ1v) is 12.5. The molecular formula is C23H42N6O8. The molecule has 0 aromatic heterocycles. The number of nitrogens with one attached hydrogen (secondary N) is 1. The molecule has 0 spiro atoms. The Morgan fingerprint density at radius 3 is 1.35 bits per heavy atom. The predicted molar refractivity (Wildman–Crippen MR) is 134 cm³/mol. The van der Waals surface area contributed by atoms with Crippen LogP contribution >= 0.6 is 0 Å². The summed E-state index contributed by atoms with van der Waals surface area (Å²) >= 11 is 0. The fraction of sp³-hybridized carbons (Fsp3) is 0.783. The molecule has 0 bridgehead atoms. The predicted octanol–water partition coefficient (Wildman–Crippen LogP) is -2.34. The summed E-state index contributed by atoms with van der Waals surface area (Å²) in [5.74, 6) is -3.29. The highest BCUT2D eigenvalue weighted by atomic mass is 16.4. The number of carboxylic acids is 3. The average molecular weight is 531 g/mol. The highest BCUT2D eigenvalue weighted by Gasteiger charge is 2.21. The van der Waals surface area contributed by atoms with Crippen molar-refractivity contribution in [3.05, 3.63) is 0 Å². The van der Waals surface area contributed by atoms with E-state index >= 15 is 0 Å². The van der Waals surface area contributed by atoms with Gasteiger partial charge < -0.3 is 26.4 Å². The number of hydrogen-bond donors (Lipinski definition) is 5. The molecule has 1 saturated heterocycles. The molecule has 1 amide bonds. The third-order valence-electron chi connectivity index (χ3n) is 6.16. The molecule has 37 heavy (non-hydrogen) atoms. The Morgan fingerprint density at radius 2 is 1.03 bits per heavy atom. The fourth-order valence-electron chi connectivity index (χ4n) is 3.96. The van der Waals surface area contributed by atoms with Crippen LogP contribution in [0.3, 0.4) is 0 Å². The van der Waals surface area contributed by atoms with Gasteiger partial charge in [-0.1, -0.05) is 0 Å². The molecule has 14 nitrogen and oxygen atoms in total. The second-order valence-electron chi connectivity index (χ2n) is 9.35. The number of amides is 1. The molecule has 1 fully saturated rings. The monoisotopic (exact) mass is 530 g/mol. The Labute approximate surface area is 217 Å². The molecule has 0 aromatic rings. The van der Waals surface area contributed by atoms with Crippen molar-refractivity contribution < 1.29 is 39.3 Å². The Hall–Kier alpha value is -2.65. The maximum Gasteiger partial charge on any atom is 0.317 e. The lowest BCUT2D eigenvalue weighted by Gasteiger charge is -2.32. The number of rotatable bonds is 14. The molecule has 0 aromatic carbocycles. The van der Waals surface area contributed by atoms with Gasteiger partial charge in [0.05, 0.1) is 32.2 Å². The van der Waals surface area contributed by atoms with Crippen LogP contribution in [-0.4, -0.2) is 156 Å². The van der Waals surface area contributed by atoms with E-state index in [1.54, 1.807) is 14.7 Å². The summed E-state index contributed by atoms with van der Waals surface area (Å²) in [7, 11) is 0. The van der Waals surface area contributed by atoms with Crippen molar-refractivity contribution in [3.8, 4) is 0 Å². The zero-order chi connectivity index (χ0) is 27.8. The van der Waals surface area contributed by atoms with E-state index in [2.05, 4.69) is 5.32 Å². The highest BCUT2D eigenvalue weighted by molar-refractivity contribution is 5.81. The highest BCUT2D eigenvalue weighted by Crippen LogP contribution is 2.02. The molecule has 1 heterocycles. The molecular weight excluding hydrogens is 488 g/mol. The number of ketones is 1. The van der Waals surface area contributed by atoms with Gasteiger partial charge in [0.2, 0.25) is 5.91 Å². The third-order valence-corrected chi connectivity index (χ3v) is 6.16. The van der Waals surface area contributed by atoms with Gasteiger partial charge in [-0.25, -0.2) is 0 Å². The van der Waals surface area contributed by atoms with Gasteiger partial charge in [-0.3, -0.25) is 43.6 Å². The molecule has 0 unspecified atom stereocenters. The zero-order valence-corrected chi connectivity index (χ0v) is 21.6. The van der Waals surface area contributed by atoms with Gasteiger partial charge >= 0.3 is 17.9 Å². The Morgan fingerprint density at radius 1 is 0.676 bits per heavy atom. The van der Waals surface area contributed by atoms with Crippen LogP contribution in [0.15, 0.2) is 0 Å². The van der Waals surface area contributed by atoms with E-state index in [1.165, 1.54) is 6.92 Å². The normalized spacial score (nSPS) is 18.3. The number of nitrogens with two attached hydrogens (primary N) is 1. The van der Waals surface area contributed by atoms with E-state index in [0.717, 1.165) is 0 Å². The van der Waals surface area contributed by atoms with E-state index < -0.39 is 23.9 Å². The van der Waals surface area contributed by atoms with Crippen LogP contribution in [0.25, 0.3) is 0 Å². The van der Waals surface area contributed by atoms with Gasteiger partial charge in [0.15, 0.2) is 0 Å². The lowest BCUT2D eigenvalue weighted by atomic mass is 10.1. The largest absolute Gasteiger partial charge is 0.480 e. The topological polar surface area (TPSA) is 197 Å². The summed E-state index contributed by atoms with van der Waals surface area (Å²) < 4.78 is 0. The number of unbranched alkanes of at least 4 members (excludes halogenated alkanes) is 1. The maximum absolute atomic E-state index is 12.5. The molecule has 212 valence electrons. The summed E-state index contributed by atoms with van der Waals surface area (Å²) in [6, 6.07) is -0.489. The number of hydrogen-bond acceptors (Lipinski definition) is 10.